The lowest BCUT2D eigenvalue weighted by atomic mass is 10.1. The standard InChI is InChI=1S/C15H23N3OS/c1-15(2,3)18-13(19)6-4-5-11-7-9-12(10-8-11)17-14(16)20/h7-10H,4-6H2,1-3H3,(H,18,19)(H3,16,17,20). The number of anilines is 1. The van der Waals surface area contributed by atoms with E-state index in [0.717, 1.165) is 18.5 Å². The number of hydrogen-bond acceptors (Lipinski definition) is 2. The number of thiocarbonyl (C=S) groups is 1. The minimum atomic E-state index is -0.162. The van der Waals surface area contributed by atoms with Gasteiger partial charge >= 0.3 is 0 Å². The molecule has 0 radical (unpaired) electrons. The maximum Gasteiger partial charge on any atom is 0.220 e. The van der Waals surface area contributed by atoms with Crippen LogP contribution in [0.4, 0.5) is 5.69 Å². The third-order valence-electron chi connectivity index (χ3n) is 2.61. The first kappa shape index (κ1) is 16.4. The predicted octanol–water partition coefficient (Wildman–Crippen LogP) is 2.58. The van der Waals surface area contributed by atoms with Crippen LogP contribution in [0.2, 0.25) is 0 Å². The molecule has 0 saturated heterocycles. The second-order valence-electron chi connectivity index (χ2n) is 5.84. The molecule has 1 aromatic rings. The van der Waals surface area contributed by atoms with Gasteiger partial charge in [-0.1, -0.05) is 12.1 Å². The van der Waals surface area contributed by atoms with Crippen LogP contribution in [-0.4, -0.2) is 16.6 Å². The third kappa shape index (κ3) is 7.09. The SMILES string of the molecule is CC(C)(C)NC(=O)CCCc1ccc(NC(N)=S)cc1. The average Bonchev–Trinajstić information content (AvgIpc) is 2.28. The Morgan fingerprint density at radius 1 is 1.25 bits per heavy atom. The molecule has 1 rings (SSSR count). The van der Waals surface area contributed by atoms with Gasteiger partial charge in [-0.05, 0) is 63.5 Å². The van der Waals surface area contributed by atoms with E-state index in [0.29, 0.717) is 6.42 Å². The summed E-state index contributed by atoms with van der Waals surface area (Å²) in [6.45, 7) is 5.95. The van der Waals surface area contributed by atoms with Gasteiger partial charge < -0.3 is 16.4 Å². The lowest BCUT2D eigenvalue weighted by Crippen LogP contribution is -2.40. The summed E-state index contributed by atoms with van der Waals surface area (Å²) >= 11 is 4.77. The van der Waals surface area contributed by atoms with Crippen molar-refractivity contribution >= 4 is 28.9 Å². The zero-order valence-corrected chi connectivity index (χ0v) is 13.1. The molecule has 110 valence electrons. The average molecular weight is 293 g/mol. The highest BCUT2D eigenvalue weighted by Gasteiger charge is 2.12. The minimum absolute atomic E-state index is 0.101. The molecular weight excluding hydrogens is 270 g/mol. The quantitative estimate of drug-likeness (QED) is 0.730. The van der Waals surface area contributed by atoms with Crippen LogP contribution in [0.1, 0.15) is 39.2 Å². The summed E-state index contributed by atoms with van der Waals surface area (Å²) in [5.41, 5.74) is 7.32. The highest BCUT2D eigenvalue weighted by molar-refractivity contribution is 7.80. The Morgan fingerprint density at radius 3 is 2.35 bits per heavy atom. The number of hydrogen-bond donors (Lipinski definition) is 3. The number of aryl methyl sites for hydroxylation is 1. The van der Waals surface area contributed by atoms with E-state index in [-0.39, 0.29) is 16.6 Å². The second-order valence-corrected chi connectivity index (χ2v) is 6.28. The van der Waals surface area contributed by atoms with Crippen LogP contribution in [0.3, 0.4) is 0 Å². The van der Waals surface area contributed by atoms with Crippen LogP contribution in [0.15, 0.2) is 24.3 Å². The molecule has 1 aromatic carbocycles. The van der Waals surface area contributed by atoms with Gasteiger partial charge in [-0.3, -0.25) is 4.79 Å². The van der Waals surface area contributed by atoms with Gasteiger partial charge in [0.2, 0.25) is 5.91 Å². The Bertz CT molecular complexity index is 463. The largest absolute Gasteiger partial charge is 0.376 e. The zero-order chi connectivity index (χ0) is 15.2. The lowest BCUT2D eigenvalue weighted by Gasteiger charge is -2.20. The summed E-state index contributed by atoms with van der Waals surface area (Å²) in [6.07, 6.45) is 2.26. The zero-order valence-electron chi connectivity index (χ0n) is 12.3. The Kier molecular flexibility index (Phi) is 5.95. The first-order chi connectivity index (χ1) is 9.26. The summed E-state index contributed by atoms with van der Waals surface area (Å²) in [4.78, 5) is 11.7. The molecule has 4 nitrogen and oxygen atoms in total. The molecule has 0 bridgehead atoms. The van der Waals surface area contributed by atoms with E-state index >= 15 is 0 Å². The first-order valence-corrected chi connectivity index (χ1v) is 7.13. The van der Waals surface area contributed by atoms with E-state index < -0.39 is 0 Å². The number of rotatable bonds is 5. The molecule has 0 fully saturated rings. The van der Waals surface area contributed by atoms with Gasteiger partial charge in [0.15, 0.2) is 5.11 Å². The smallest absolute Gasteiger partial charge is 0.220 e. The fraction of sp³-hybridized carbons (Fsp3) is 0.467. The lowest BCUT2D eigenvalue weighted by molar-refractivity contribution is -0.122. The molecule has 4 N–H and O–H groups in total. The second kappa shape index (κ2) is 7.24. The Balaban J connectivity index is 2.35. The maximum absolute atomic E-state index is 11.7. The Morgan fingerprint density at radius 2 is 1.85 bits per heavy atom. The first-order valence-electron chi connectivity index (χ1n) is 6.73. The number of carbonyl (C=O) groups is 1. The minimum Gasteiger partial charge on any atom is -0.376 e. The molecular formula is C15H23N3OS. The van der Waals surface area contributed by atoms with Gasteiger partial charge in [-0.2, -0.15) is 0 Å². The molecule has 0 heterocycles. The monoisotopic (exact) mass is 293 g/mol. The molecule has 0 aliphatic rings. The van der Waals surface area contributed by atoms with Crippen LogP contribution in [0.25, 0.3) is 0 Å². The van der Waals surface area contributed by atoms with E-state index in [1.807, 2.05) is 45.0 Å². The summed E-state index contributed by atoms with van der Waals surface area (Å²) in [5.74, 6) is 0.101. The number of amides is 1. The molecule has 0 aliphatic carbocycles. The van der Waals surface area contributed by atoms with E-state index in [9.17, 15) is 4.79 Å². The molecule has 1 amide bonds. The maximum atomic E-state index is 11.7. The van der Waals surface area contributed by atoms with E-state index in [2.05, 4.69) is 10.6 Å². The third-order valence-corrected chi connectivity index (χ3v) is 2.71. The molecule has 0 spiro atoms. The van der Waals surface area contributed by atoms with Crippen molar-refractivity contribution in [1.82, 2.24) is 5.32 Å². The van der Waals surface area contributed by atoms with E-state index in [1.54, 1.807) is 0 Å². The van der Waals surface area contributed by atoms with Gasteiger partial charge in [-0.15, -0.1) is 0 Å². The highest BCUT2D eigenvalue weighted by atomic mass is 32.1. The number of nitrogens with one attached hydrogen (secondary N) is 2. The molecule has 0 saturated carbocycles. The van der Waals surface area contributed by atoms with Crippen molar-refractivity contribution in [2.75, 3.05) is 5.32 Å². The van der Waals surface area contributed by atoms with Crippen molar-refractivity contribution in [2.45, 2.75) is 45.6 Å². The van der Waals surface area contributed by atoms with Crippen molar-refractivity contribution in [3.63, 3.8) is 0 Å². The number of benzene rings is 1. The van der Waals surface area contributed by atoms with Gasteiger partial charge in [-0.25, -0.2) is 0 Å². The van der Waals surface area contributed by atoms with Crippen LogP contribution in [-0.2, 0) is 11.2 Å². The predicted molar refractivity (Wildman–Crippen MR) is 87.7 cm³/mol. The van der Waals surface area contributed by atoms with Gasteiger partial charge in [0.1, 0.15) is 0 Å². The molecule has 0 atom stereocenters. The molecule has 0 aliphatic heterocycles. The number of carbonyl (C=O) groups excluding carboxylic acids is 1. The summed E-state index contributed by atoms with van der Waals surface area (Å²) in [5, 5.41) is 6.10. The van der Waals surface area contributed by atoms with Crippen LogP contribution in [0.5, 0.6) is 0 Å². The van der Waals surface area contributed by atoms with Gasteiger partial charge in [0, 0.05) is 17.6 Å². The van der Waals surface area contributed by atoms with Crippen molar-refractivity contribution in [1.29, 1.82) is 0 Å². The van der Waals surface area contributed by atoms with Crippen molar-refractivity contribution < 1.29 is 4.79 Å². The normalized spacial score (nSPS) is 10.9. The van der Waals surface area contributed by atoms with Gasteiger partial charge in [0.25, 0.3) is 0 Å². The van der Waals surface area contributed by atoms with E-state index in [1.165, 1.54) is 5.56 Å². The van der Waals surface area contributed by atoms with Crippen LogP contribution in [0, 0.1) is 0 Å². The topological polar surface area (TPSA) is 67.2 Å². The Labute approximate surface area is 126 Å². The van der Waals surface area contributed by atoms with Gasteiger partial charge in [0.05, 0.1) is 0 Å². The summed E-state index contributed by atoms with van der Waals surface area (Å²) in [6, 6.07) is 7.90. The fourth-order valence-corrected chi connectivity index (χ4v) is 1.95. The summed E-state index contributed by atoms with van der Waals surface area (Å²) < 4.78 is 0. The van der Waals surface area contributed by atoms with Crippen LogP contribution >= 0.6 is 12.2 Å². The number of nitrogens with two attached hydrogens (primary N) is 1. The van der Waals surface area contributed by atoms with E-state index in [4.69, 9.17) is 18.0 Å². The van der Waals surface area contributed by atoms with Crippen molar-refractivity contribution in [3.05, 3.63) is 29.8 Å². The highest BCUT2D eigenvalue weighted by Crippen LogP contribution is 2.12. The van der Waals surface area contributed by atoms with Crippen molar-refractivity contribution in [3.8, 4) is 0 Å². The molecule has 20 heavy (non-hydrogen) atoms. The summed E-state index contributed by atoms with van der Waals surface area (Å²) in [7, 11) is 0. The molecule has 5 heteroatoms. The molecule has 0 aromatic heterocycles. The fourth-order valence-electron chi connectivity index (χ4n) is 1.83. The van der Waals surface area contributed by atoms with Crippen LogP contribution < -0.4 is 16.4 Å². The molecule has 0 unspecified atom stereocenters. The Hall–Kier alpha value is -1.62. The van der Waals surface area contributed by atoms with Crippen molar-refractivity contribution in [2.24, 2.45) is 5.73 Å².